The first-order valence-electron chi connectivity index (χ1n) is 3.67. The van der Waals surface area contributed by atoms with E-state index in [9.17, 15) is 4.79 Å². The standard InChI is InChI=1S/C8H6Br2ClNO2/c9-5(8(13)14)1-4-6(10)2-12-3-7(4)11/h2-3,5H,1H2,(H,13,14). The van der Waals surface area contributed by atoms with Crippen LogP contribution in [-0.4, -0.2) is 20.9 Å². The summed E-state index contributed by atoms with van der Waals surface area (Å²) in [6, 6.07) is 0. The molecule has 1 unspecified atom stereocenters. The average Bonchev–Trinajstić information content (AvgIpc) is 2.11. The van der Waals surface area contributed by atoms with E-state index in [0.717, 1.165) is 10.0 Å². The van der Waals surface area contributed by atoms with Crippen LogP contribution in [-0.2, 0) is 11.2 Å². The van der Waals surface area contributed by atoms with Gasteiger partial charge in [-0.15, -0.1) is 0 Å². The molecule has 0 aliphatic carbocycles. The summed E-state index contributed by atoms with van der Waals surface area (Å²) in [7, 11) is 0. The molecule has 1 rings (SSSR count). The molecule has 14 heavy (non-hydrogen) atoms. The van der Waals surface area contributed by atoms with Crippen molar-refractivity contribution in [1.29, 1.82) is 0 Å². The van der Waals surface area contributed by atoms with Gasteiger partial charge in [-0.2, -0.15) is 0 Å². The van der Waals surface area contributed by atoms with E-state index < -0.39 is 10.8 Å². The first kappa shape index (κ1) is 11.9. The normalized spacial score (nSPS) is 12.5. The number of carboxylic acid groups (broad SMARTS) is 1. The van der Waals surface area contributed by atoms with Gasteiger partial charge in [0.2, 0.25) is 0 Å². The Kier molecular flexibility index (Phi) is 4.34. The Morgan fingerprint density at radius 2 is 2.29 bits per heavy atom. The van der Waals surface area contributed by atoms with Crippen LogP contribution >= 0.6 is 43.5 Å². The molecule has 76 valence electrons. The zero-order valence-corrected chi connectivity index (χ0v) is 10.8. The van der Waals surface area contributed by atoms with E-state index in [1.54, 1.807) is 6.20 Å². The maximum absolute atomic E-state index is 10.6. The second-order valence-electron chi connectivity index (χ2n) is 2.59. The van der Waals surface area contributed by atoms with Crippen LogP contribution in [0.5, 0.6) is 0 Å². The second-order valence-corrected chi connectivity index (χ2v) is 4.96. The Labute approximate surface area is 103 Å². The lowest BCUT2D eigenvalue weighted by Gasteiger charge is -2.08. The molecule has 0 spiro atoms. The van der Waals surface area contributed by atoms with E-state index >= 15 is 0 Å². The Morgan fingerprint density at radius 1 is 1.64 bits per heavy atom. The maximum Gasteiger partial charge on any atom is 0.317 e. The predicted molar refractivity (Wildman–Crippen MR) is 61.0 cm³/mol. The monoisotopic (exact) mass is 341 g/mol. The largest absolute Gasteiger partial charge is 0.480 e. The van der Waals surface area contributed by atoms with Gasteiger partial charge >= 0.3 is 5.97 Å². The van der Waals surface area contributed by atoms with E-state index in [0.29, 0.717) is 11.4 Å². The first-order valence-corrected chi connectivity index (χ1v) is 5.75. The molecule has 1 atom stereocenters. The molecule has 0 amide bonds. The fraction of sp³-hybridized carbons (Fsp3) is 0.250. The number of halogens is 3. The van der Waals surface area contributed by atoms with Crippen molar-refractivity contribution in [3.63, 3.8) is 0 Å². The minimum Gasteiger partial charge on any atom is -0.480 e. The van der Waals surface area contributed by atoms with Crippen molar-refractivity contribution in [2.24, 2.45) is 0 Å². The molecule has 1 aromatic rings. The van der Waals surface area contributed by atoms with Crippen LogP contribution in [0, 0.1) is 0 Å². The number of hydrogen-bond acceptors (Lipinski definition) is 2. The fourth-order valence-electron chi connectivity index (χ4n) is 0.900. The maximum atomic E-state index is 10.6. The molecule has 6 heteroatoms. The van der Waals surface area contributed by atoms with Gasteiger partial charge in [-0.05, 0) is 27.9 Å². The van der Waals surface area contributed by atoms with Gasteiger partial charge in [-0.25, -0.2) is 0 Å². The van der Waals surface area contributed by atoms with Gasteiger partial charge < -0.3 is 5.11 Å². The van der Waals surface area contributed by atoms with Crippen molar-refractivity contribution in [2.45, 2.75) is 11.2 Å². The van der Waals surface area contributed by atoms with Crippen LogP contribution in [0.1, 0.15) is 5.56 Å². The van der Waals surface area contributed by atoms with Crippen LogP contribution in [0.2, 0.25) is 5.02 Å². The Hall–Kier alpha value is -0.130. The Balaban J connectivity index is 2.91. The number of aromatic nitrogens is 1. The van der Waals surface area contributed by atoms with Gasteiger partial charge in [0.1, 0.15) is 4.83 Å². The van der Waals surface area contributed by atoms with Gasteiger partial charge in [0, 0.05) is 16.9 Å². The summed E-state index contributed by atoms with van der Waals surface area (Å²) >= 11 is 12.2. The molecule has 0 aliphatic rings. The smallest absolute Gasteiger partial charge is 0.317 e. The molecule has 0 saturated heterocycles. The van der Waals surface area contributed by atoms with Crippen LogP contribution in [0.3, 0.4) is 0 Å². The van der Waals surface area contributed by atoms with Crippen LogP contribution in [0.25, 0.3) is 0 Å². The zero-order chi connectivity index (χ0) is 10.7. The highest BCUT2D eigenvalue weighted by molar-refractivity contribution is 9.10. The van der Waals surface area contributed by atoms with Crippen molar-refractivity contribution in [3.8, 4) is 0 Å². The minimum atomic E-state index is -0.912. The number of carbonyl (C=O) groups is 1. The molecular formula is C8H6Br2ClNO2. The molecule has 0 bridgehead atoms. The first-order chi connectivity index (χ1) is 6.52. The molecule has 0 aliphatic heterocycles. The lowest BCUT2D eigenvalue weighted by Crippen LogP contribution is -2.16. The van der Waals surface area contributed by atoms with Crippen LogP contribution < -0.4 is 0 Å². The van der Waals surface area contributed by atoms with E-state index in [-0.39, 0.29) is 0 Å². The molecule has 0 saturated carbocycles. The summed E-state index contributed by atoms with van der Waals surface area (Å²) in [6.45, 7) is 0. The molecular weight excluding hydrogens is 337 g/mol. The highest BCUT2D eigenvalue weighted by Gasteiger charge is 2.17. The number of pyridine rings is 1. The number of nitrogens with zero attached hydrogens (tertiary/aromatic N) is 1. The lowest BCUT2D eigenvalue weighted by atomic mass is 10.1. The summed E-state index contributed by atoms with van der Waals surface area (Å²) in [6.07, 6.45) is 3.39. The summed E-state index contributed by atoms with van der Waals surface area (Å²) in [4.78, 5) is 13.8. The highest BCUT2D eigenvalue weighted by Crippen LogP contribution is 2.26. The Bertz CT molecular complexity index is 339. The number of carboxylic acids is 1. The third kappa shape index (κ3) is 2.93. The van der Waals surface area contributed by atoms with Gasteiger partial charge in [0.15, 0.2) is 0 Å². The van der Waals surface area contributed by atoms with Crippen molar-refractivity contribution in [3.05, 3.63) is 27.5 Å². The minimum absolute atomic E-state index is 0.317. The van der Waals surface area contributed by atoms with E-state index in [2.05, 4.69) is 36.8 Å². The average molecular weight is 343 g/mol. The number of hydrogen-bond donors (Lipinski definition) is 1. The molecule has 0 fully saturated rings. The Morgan fingerprint density at radius 3 is 2.79 bits per heavy atom. The molecule has 1 heterocycles. The van der Waals surface area contributed by atoms with Gasteiger partial charge in [-0.1, -0.05) is 27.5 Å². The highest BCUT2D eigenvalue weighted by atomic mass is 79.9. The molecule has 0 radical (unpaired) electrons. The van der Waals surface area contributed by atoms with Crippen LogP contribution in [0.4, 0.5) is 0 Å². The quantitative estimate of drug-likeness (QED) is 0.859. The summed E-state index contributed by atoms with van der Waals surface area (Å²) in [5.74, 6) is -0.912. The predicted octanol–water partition coefficient (Wildman–Crippen LogP) is 2.89. The third-order valence-corrected chi connectivity index (χ3v) is 3.33. The van der Waals surface area contributed by atoms with Crippen LogP contribution in [0.15, 0.2) is 16.9 Å². The third-order valence-electron chi connectivity index (χ3n) is 1.60. The number of rotatable bonds is 3. The van der Waals surface area contributed by atoms with Crippen molar-refractivity contribution < 1.29 is 9.90 Å². The summed E-state index contributed by atoms with van der Waals surface area (Å²) in [5.41, 5.74) is 0.742. The van der Waals surface area contributed by atoms with Crippen molar-refractivity contribution in [1.82, 2.24) is 4.98 Å². The second kappa shape index (κ2) is 5.09. The molecule has 0 aromatic carbocycles. The lowest BCUT2D eigenvalue weighted by molar-refractivity contribution is -0.136. The number of aliphatic carboxylic acids is 1. The van der Waals surface area contributed by atoms with E-state index in [1.165, 1.54) is 6.20 Å². The molecule has 1 aromatic heterocycles. The summed E-state index contributed by atoms with van der Waals surface area (Å²) < 4.78 is 0.718. The molecule has 1 N–H and O–H groups in total. The zero-order valence-electron chi connectivity index (χ0n) is 6.88. The van der Waals surface area contributed by atoms with Crippen molar-refractivity contribution in [2.75, 3.05) is 0 Å². The number of alkyl halides is 1. The topological polar surface area (TPSA) is 50.2 Å². The fourth-order valence-corrected chi connectivity index (χ4v) is 2.07. The van der Waals surface area contributed by atoms with Gasteiger partial charge in [0.05, 0.1) is 5.02 Å². The van der Waals surface area contributed by atoms with E-state index in [4.69, 9.17) is 16.7 Å². The van der Waals surface area contributed by atoms with Gasteiger partial charge in [-0.3, -0.25) is 9.78 Å². The SMILES string of the molecule is O=C(O)C(Br)Cc1c(Cl)cncc1Br. The van der Waals surface area contributed by atoms with Crippen molar-refractivity contribution >= 4 is 49.4 Å². The summed E-state index contributed by atoms with van der Waals surface area (Å²) in [5, 5.41) is 9.17. The molecule has 3 nitrogen and oxygen atoms in total. The van der Waals surface area contributed by atoms with Gasteiger partial charge in [0.25, 0.3) is 0 Å². The van der Waals surface area contributed by atoms with E-state index in [1.807, 2.05) is 0 Å².